The summed E-state index contributed by atoms with van der Waals surface area (Å²) in [5.74, 6) is 1.39. The second-order valence-electron chi connectivity index (χ2n) is 6.37. The van der Waals surface area contributed by atoms with E-state index in [0.717, 1.165) is 38.4 Å². The van der Waals surface area contributed by atoms with Gasteiger partial charge in [0.25, 0.3) is 0 Å². The average Bonchev–Trinajstić information content (AvgIpc) is 2.94. The highest BCUT2D eigenvalue weighted by atomic mass is 16.5. The number of ether oxygens (including phenoxy) is 1. The summed E-state index contributed by atoms with van der Waals surface area (Å²) in [6, 6.07) is 19.3. The van der Waals surface area contributed by atoms with Gasteiger partial charge in [-0.05, 0) is 29.7 Å². The lowest BCUT2D eigenvalue weighted by Gasteiger charge is -2.16. The van der Waals surface area contributed by atoms with Crippen LogP contribution in [0.4, 0.5) is 0 Å². The summed E-state index contributed by atoms with van der Waals surface area (Å²) in [6.45, 7) is 5.79. The summed E-state index contributed by atoms with van der Waals surface area (Å²) in [7, 11) is 0. The van der Waals surface area contributed by atoms with E-state index in [1.54, 1.807) is 0 Å². The van der Waals surface area contributed by atoms with Crippen LogP contribution in [0.2, 0.25) is 0 Å². The molecule has 1 fully saturated rings. The van der Waals surface area contributed by atoms with Crippen LogP contribution in [0.5, 0.6) is 5.75 Å². The van der Waals surface area contributed by atoms with Crippen LogP contribution in [0.25, 0.3) is 0 Å². The molecule has 2 aromatic carbocycles. The van der Waals surface area contributed by atoms with Crippen LogP contribution in [0.3, 0.4) is 0 Å². The predicted molar refractivity (Wildman–Crippen MR) is 94.7 cm³/mol. The second kappa shape index (κ2) is 7.62. The Kier molecular flexibility index (Phi) is 5.31. The highest BCUT2D eigenvalue weighted by Crippen LogP contribution is 2.27. The molecule has 0 spiro atoms. The monoisotopic (exact) mass is 310 g/mol. The molecule has 2 N–H and O–H groups in total. The van der Waals surface area contributed by atoms with Gasteiger partial charge in [0.05, 0.1) is 6.61 Å². The molecule has 1 heterocycles. The summed E-state index contributed by atoms with van der Waals surface area (Å²) in [6.07, 6.45) is 1.03. The lowest BCUT2D eigenvalue weighted by molar-refractivity contribution is 0.311. The minimum Gasteiger partial charge on any atom is -0.494 e. The van der Waals surface area contributed by atoms with E-state index in [4.69, 9.17) is 10.5 Å². The van der Waals surface area contributed by atoms with Gasteiger partial charge in [-0.3, -0.25) is 4.90 Å². The maximum atomic E-state index is 6.38. The molecule has 1 aliphatic heterocycles. The van der Waals surface area contributed by atoms with Gasteiger partial charge in [-0.15, -0.1) is 0 Å². The molecule has 3 rings (SSSR count). The Balaban J connectivity index is 1.63. The third kappa shape index (κ3) is 4.12. The third-order valence-corrected chi connectivity index (χ3v) is 4.45. The minimum atomic E-state index is 0.205. The van der Waals surface area contributed by atoms with E-state index in [-0.39, 0.29) is 6.04 Å². The van der Waals surface area contributed by atoms with Crippen LogP contribution in [0, 0.1) is 0 Å². The molecule has 0 aliphatic carbocycles. The molecular formula is C20H26N2O. The van der Waals surface area contributed by atoms with Gasteiger partial charge in [0.15, 0.2) is 0 Å². The molecule has 0 aromatic heterocycles. The number of benzene rings is 2. The fraction of sp³-hybridized carbons (Fsp3) is 0.400. The van der Waals surface area contributed by atoms with Crippen LogP contribution < -0.4 is 10.5 Å². The van der Waals surface area contributed by atoms with Gasteiger partial charge >= 0.3 is 0 Å². The highest BCUT2D eigenvalue weighted by Gasteiger charge is 2.30. The minimum absolute atomic E-state index is 0.205. The maximum Gasteiger partial charge on any atom is 0.119 e. The van der Waals surface area contributed by atoms with Gasteiger partial charge in [-0.25, -0.2) is 0 Å². The van der Waals surface area contributed by atoms with Gasteiger partial charge < -0.3 is 10.5 Å². The zero-order valence-corrected chi connectivity index (χ0v) is 13.8. The molecule has 0 saturated carbocycles. The van der Waals surface area contributed by atoms with Crippen molar-refractivity contribution in [3.63, 3.8) is 0 Å². The summed E-state index contributed by atoms with van der Waals surface area (Å²) in [5.41, 5.74) is 9.03. The molecule has 122 valence electrons. The van der Waals surface area contributed by atoms with Crippen molar-refractivity contribution in [1.82, 2.24) is 4.90 Å². The number of hydrogen-bond donors (Lipinski definition) is 1. The Morgan fingerprint density at radius 2 is 1.91 bits per heavy atom. The van der Waals surface area contributed by atoms with Crippen molar-refractivity contribution in [2.24, 2.45) is 5.73 Å². The van der Waals surface area contributed by atoms with Gasteiger partial charge in [-0.2, -0.15) is 0 Å². The fourth-order valence-corrected chi connectivity index (χ4v) is 3.31. The quantitative estimate of drug-likeness (QED) is 0.888. The number of hydrogen-bond acceptors (Lipinski definition) is 3. The Hall–Kier alpha value is -1.84. The first-order valence-corrected chi connectivity index (χ1v) is 8.51. The number of likely N-dealkylation sites (tertiary alicyclic amines) is 1. The van der Waals surface area contributed by atoms with Crippen LogP contribution >= 0.6 is 0 Å². The third-order valence-electron chi connectivity index (χ3n) is 4.45. The van der Waals surface area contributed by atoms with Crippen molar-refractivity contribution >= 4 is 0 Å². The van der Waals surface area contributed by atoms with Gasteiger partial charge in [0, 0.05) is 31.6 Å². The van der Waals surface area contributed by atoms with Crippen molar-refractivity contribution in [3.05, 3.63) is 65.7 Å². The van der Waals surface area contributed by atoms with E-state index in [1.165, 1.54) is 11.1 Å². The average molecular weight is 310 g/mol. The van der Waals surface area contributed by atoms with Gasteiger partial charge in [0.2, 0.25) is 0 Å². The van der Waals surface area contributed by atoms with Crippen LogP contribution in [0.1, 0.15) is 30.4 Å². The van der Waals surface area contributed by atoms with E-state index < -0.39 is 0 Å². The Labute approximate surface area is 139 Å². The molecule has 2 aromatic rings. The molecule has 0 radical (unpaired) electrons. The first-order chi connectivity index (χ1) is 11.3. The predicted octanol–water partition coefficient (Wildman–Crippen LogP) is 3.40. The fourth-order valence-electron chi connectivity index (χ4n) is 3.31. The topological polar surface area (TPSA) is 38.5 Å². The molecule has 2 atom stereocenters. The Morgan fingerprint density at radius 3 is 2.70 bits per heavy atom. The van der Waals surface area contributed by atoms with Crippen molar-refractivity contribution in [1.29, 1.82) is 0 Å². The lowest BCUT2D eigenvalue weighted by Crippen LogP contribution is -2.28. The van der Waals surface area contributed by atoms with Crippen LogP contribution in [-0.2, 0) is 6.54 Å². The normalized spacial score (nSPS) is 21.5. The molecule has 0 bridgehead atoms. The SMILES string of the molecule is CCCOc1cccc(CN2C[C@@H](N)[C@H](c3ccccc3)C2)c1. The summed E-state index contributed by atoms with van der Waals surface area (Å²) in [4.78, 5) is 2.45. The molecule has 1 aliphatic rings. The standard InChI is InChI=1S/C20H26N2O/c1-2-11-23-18-10-6-7-16(12-18)13-22-14-19(20(21)15-22)17-8-4-3-5-9-17/h3-10,12,19-20H,2,11,13-15,21H2,1H3/t19-,20+/m0/s1. The number of rotatable bonds is 6. The molecular weight excluding hydrogens is 284 g/mol. The van der Waals surface area contributed by atoms with E-state index in [1.807, 2.05) is 6.07 Å². The van der Waals surface area contributed by atoms with E-state index in [9.17, 15) is 0 Å². The zero-order valence-electron chi connectivity index (χ0n) is 13.8. The summed E-state index contributed by atoms with van der Waals surface area (Å²) >= 11 is 0. The maximum absolute atomic E-state index is 6.38. The second-order valence-corrected chi connectivity index (χ2v) is 6.37. The summed E-state index contributed by atoms with van der Waals surface area (Å²) in [5, 5.41) is 0. The smallest absolute Gasteiger partial charge is 0.119 e. The molecule has 23 heavy (non-hydrogen) atoms. The van der Waals surface area contributed by atoms with Gasteiger partial charge in [0.1, 0.15) is 5.75 Å². The molecule has 0 amide bonds. The van der Waals surface area contributed by atoms with Crippen LogP contribution in [0.15, 0.2) is 54.6 Å². The first-order valence-electron chi connectivity index (χ1n) is 8.51. The van der Waals surface area contributed by atoms with E-state index >= 15 is 0 Å². The van der Waals surface area contributed by atoms with Crippen molar-refractivity contribution in [2.75, 3.05) is 19.7 Å². The Morgan fingerprint density at radius 1 is 1.09 bits per heavy atom. The molecule has 1 saturated heterocycles. The van der Waals surface area contributed by atoms with Crippen LogP contribution in [-0.4, -0.2) is 30.6 Å². The zero-order chi connectivity index (χ0) is 16.1. The lowest BCUT2D eigenvalue weighted by atomic mass is 9.95. The largest absolute Gasteiger partial charge is 0.494 e. The van der Waals surface area contributed by atoms with Crippen molar-refractivity contribution in [3.8, 4) is 5.75 Å². The van der Waals surface area contributed by atoms with Crippen molar-refractivity contribution < 1.29 is 4.74 Å². The molecule has 0 unspecified atom stereocenters. The van der Waals surface area contributed by atoms with E-state index in [0.29, 0.717) is 5.92 Å². The van der Waals surface area contributed by atoms with E-state index in [2.05, 4.69) is 60.4 Å². The van der Waals surface area contributed by atoms with Gasteiger partial charge in [-0.1, -0.05) is 49.4 Å². The highest BCUT2D eigenvalue weighted by molar-refractivity contribution is 5.29. The first kappa shape index (κ1) is 16.0. The number of nitrogens with zero attached hydrogens (tertiary/aromatic N) is 1. The Bertz CT molecular complexity index is 614. The molecule has 3 heteroatoms. The number of nitrogens with two attached hydrogens (primary N) is 1. The molecule has 3 nitrogen and oxygen atoms in total. The summed E-state index contributed by atoms with van der Waals surface area (Å²) < 4.78 is 5.73. The van der Waals surface area contributed by atoms with Crippen molar-refractivity contribution in [2.45, 2.75) is 31.8 Å².